The van der Waals surface area contributed by atoms with Crippen molar-refractivity contribution < 1.29 is 14.3 Å². The number of aromatic amines is 1. The van der Waals surface area contributed by atoms with Crippen molar-refractivity contribution in [3.63, 3.8) is 0 Å². The first kappa shape index (κ1) is 19.2. The van der Waals surface area contributed by atoms with E-state index in [1.54, 1.807) is 18.2 Å². The smallest absolute Gasteiger partial charge is 0.358 e. The molecule has 0 bridgehead atoms. The molecule has 3 aromatic rings. The Bertz CT molecular complexity index is 1060. The number of esters is 1. The Kier molecular flexibility index (Phi) is 5.64. The number of anilines is 1. The van der Waals surface area contributed by atoms with Crippen LogP contribution in [0.3, 0.4) is 0 Å². The van der Waals surface area contributed by atoms with E-state index in [2.05, 4.69) is 15.3 Å². The molecule has 0 fully saturated rings. The van der Waals surface area contributed by atoms with E-state index < -0.39 is 12.0 Å². The number of amides is 1. The normalized spacial score (nSPS) is 10.6. The monoisotopic (exact) mass is 425 g/mol. The van der Waals surface area contributed by atoms with Crippen molar-refractivity contribution in [2.45, 2.75) is 6.54 Å². The van der Waals surface area contributed by atoms with Crippen LogP contribution in [-0.4, -0.2) is 38.2 Å². The second-order valence-electron chi connectivity index (χ2n) is 5.38. The first-order valence-electron chi connectivity index (χ1n) is 7.55. The first-order valence-corrected chi connectivity index (χ1v) is 8.71. The van der Waals surface area contributed by atoms with Crippen LogP contribution in [0, 0.1) is 4.77 Å². The zero-order chi connectivity index (χ0) is 19.6. The van der Waals surface area contributed by atoms with E-state index in [9.17, 15) is 9.59 Å². The summed E-state index contributed by atoms with van der Waals surface area (Å²) in [6.45, 7) is 0.220. The van der Waals surface area contributed by atoms with Gasteiger partial charge in [-0.1, -0.05) is 29.3 Å². The number of hydrogen-bond donors (Lipinski definition) is 2. The molecule has 3 rings (SSSR count). The van der Waals surface area contributed by atoms with Gasteiger partial charge in [0.2, 0.25) is 0 Å². The quantitative estimate of drug-likeness (QED) is 0.487. The molecule has 0 unspecified atom stereocenters. The van der Waals surface area contributed by atoms with Gasteiger partial charge in [0.15, 0.2) is 10.5 Å². The summed E-state index contributed by atoms with van der Waals surface area (Å²) in [5.41, 5.74) is 0.833. The molecule has 1 amide bonds. The van der Waals surface area contributed by atoms with Crippen LogP contribution in [-0.2, 0) is 11.3 Å². The van der Waals surface area contributed by atoms with Crippen LogP contribution in [0.4, 0.5) is 10.6 Å². The van der Waals surface area contributed by atoms with Crippen LogP contribution in [0.5, 0.6) is 0 Å². The zero-order valence-corrected chi connectivity index (χ0v) is 16.2. The van der Waals surface area contributed by atoms with Crippen molar-refractivity contribution in [2.75, 3.05) is 12.4 Å². The number of carbonyl (C=O) groups is 2. The predicted molar refractivity (Wildman–Crippen MR) is 103 cm³/mol. The van der Waals surface area contributed by atoms with Crippen LogP contribution < -0.4 is 5.32 Å². The molecule has 140 valence electrons. The maximum Gasteiger partial charge on any atom is 0.358 e. The number of carbonyl (C=O) groups excluding carboxylic acids is 2. The summed E-state index contributed by atoms with van der Waals surface area (Å²) in [7, 11) is 1.24. The number of nitrogens with zero attached hydrogens (tertiary/aromatic N) is 3. The average molecular weight is 426 g/mol. The molecule has 0 atom stereocenters. The molecule has 0 saturated heterocycles. The number of aromatic nitrogens is 4. The minimum Gasteiger partial charge on any atom is -0.464 e. The minimum atomic E-state index is -0.664. The van der Waals surface area contributed by atoms with Gasteiger partial charge in [-0.2, -0.15) is 0 Å². The molecule has 0 spiro atoms. The second-order valence-corrected chi connectivity index (χ2v) is 6.58. The lowest BCUT2D eigenvalue weighted by atomic mass is 10.2. The second kappa shape index (κ2) is 7.95. The number of ether oxygens (including phenoxy) is 1. The molecular formula is C16H13Cl2N5O3S. The van der Waals surface area contributed by atoms with E-state index in [0.717, 1.165) is 5.56 Å². The van der Waals surface area contributed by atoms with Crippen molar-refractivity contribution in [1.82, 2.24) is 19.1 Å². The van der Waals surface area contributed by atoms with Crippen LogP contribution in [0.1, 0.15) is 16.1 Å². The zero-order valence-electron chi connectivity index (χ0n) is 13.9. The summed E-state index contributed by atoms with van der Waals surface area (Å²) >= 11 is 17.3. The number of H-pyrrole nitrogens is 1. The Labute approximate surface area is 168 Å². The van der Waals surface area contributed by atoms with Gasteiger partial charge in [-0.3, -0.25) is 9.88 Å². The largest absolute Gasteiger partial charge is 0.464 e. The van der Waals surface area contributed by atoms with Crippen LogP contribution in [0.15, 0.2) is 36.9 Å². The topological polar surface area (TPSA) is 93.9 Å². The van der Waals surface area contributed by atoms with Gasteiger partial charge in [0.25, 0.3) is 0 Å². The molecule has 0 aliphatic rings. The van der Waals surface area contributed by atoms with Crippen molar-refractivity contribution in [3.8, 4) is 0 Å². The fourth-order valence-electron chi connectivity index (χ4n) is 2.39. The Morgan fingerprint density at radius 3 is 2.74 bits per heavy atom. The Morgan fingerprint density at radius 2 is 2.11 bits per heavy atom. The van der Waals surface area contributed by atoms with E-state index in [0.29, 0.717) is 10.0 Å². The summed E-state index contributed by atoms with van der Waals surface area (Å²) in [6.07, 6.45) is 4.25. The molecule has 0 radical (unpaired) electrons. The third kappa shape index (κ3) is 4.05. The maximum atomic E-state index is 12.3. The molecule has 0 saturated carbocycles. The highest BCUT2D eigenvalue weighted by Crippen LogP contribution is 2.24. The number of rotatable bonds is 4. The molecule has 0 aliphatic heterocycles. The Hall–Kier alpha value is -2.62. The highest BCUT2D eigenvalue weighted by Gasteiger charge is 2.22. The molecular weight excluding hydrogens is 413 g/mol. The van der Waals surface area contributed by atoms with Crippen molar-refractivity contribution in [3.05, 3.63) is 63.0 Å². The van der Waals surface area contributed by atoms with Gasteiger partial charge in [0, 0.05) is 12.4 Å². The number of benzene rings is 1. The fraction of sp³-hybridized carbons (Fsp3) is 0.125. The van der Waals surface area contributed by atoms with E-state index in [1.807, 2.05) is 0 Å². The summed E-state index contributed by atoms with van der Waals surface area (Å²) in [6, 6.07) is 4.56. The molecule has 0 aliphatic carbocycles. The van der Waals surface area contributed by atoms with E-state index >= 15 is 0 Å². The lowest BCUT2D eigenvalue weighted by Gasteiger charge is -2.10. The van der Waals surface area contributed by atoms with Crippen LogP contribution in [0.25, 0.3) is 0 Å². The molecule has 1 aromatic carbocycles. The van der Waals surface area contributed by atoms with Crippen molar-refractivity contribution in [1.29, 1.82) is 0 Å². The number of methoxy groups -OCH3 is 1. The highest BCUT2D eigenvalue weighted by molar-refractivity contribution is 7.71. The van der Waals surface area contributed by atoms with Crippen LogP contribution in [0.2, 0.25) is 10.0 Å². The SMILES string of the molecule is COC(=O)c1c(NC(=O)n2ccnc2)[nH]c(=S)n1Cc1ccc(Cl)c(Cl)c1. The predicted octanol–water partition coefficient (Wildman–Crippen LogP) is 3.96. The minimum absolute atomic E-state index is 0.0713. The van der Waals surface area contributed by atoms with E-state index in [-0.39, 0.29) is 22.8 Å². The summed E-state index contributed by atoms with van der Waals surface area (Å²) in [4.78, 5) is 31.2. The number of hydrogen-bond acceptors (Lipinski definition) is 5. The number of nitrogens with one attached hydrogen (secondary N) is 2. The van der Waals surface area contributed by atoms with Gasteiger partial charge in [-0.05, 0) is 29.9 Å². The summed E-state index contributed by atoms with van der Waals surface area (Å²) in [5.74, 6) is -0.547. The van der Waals surface area contributed by atoms with Gasteiger partial charge in [-0.25, -0.2) is 14.6 Å². The highest BCUT2D eigenvalue weighted by atomic mass is 35.5. The van der Waals surface area contributed by atoms with Crippen molar-refractivity contribution in [2.24, 2.45) is 0 Å². The third-order valence-electron chi connectivity index (χ3n) is 3.66. The van der Waals surface area contributed by atoms with Gasteiger partial charge in [-0.15, -0.1) is 0 Å². The fourth-order valence-corrected chi connectivity index (χ4v) is 2.97. The molecule has 2 heterocycles. The molecule has 11 heteroatoms. The average Bonchev–Trinajstić information content (AvgIpc) is 3.27. The first-order chi connectivity index (χ1) is 12.9. The van der Waals surface area contributed by atoms with Crippen LogP contribution >= 0.6 is 35.4 Å². The number of halogens is 2. The Balaban J connectivity index is 1.99. The molecule has 2 aromatic heterocycles. The van der Waals surface area contributed by atoms with E-state index in [4.69, 9.17) is 40.2 Å². The summed E-state index contributed by atoms with van der Waals surface area (Å²) < 4.78 is 7.79. The Morgan fingerprint density at radius 1 is 1.33 bits per heavy atom. The molecule has 2 N–H and O–H groups in total. The summed E-state index contributed by atoms with van der Waals surface area (Å²) in [5, 5.41) is 3.38. The molecule has 27 heavy (non-hydrogen) atoms. The van der Waals surface area contributed by atoms with Gasteiger partial charge < -0.3 is 14.3 Å². The van der Waals surface area contributed by atoms with Gasteiger partial charge in [0.1, 0.15) is 12.1 Å². The lowest BCUT2D eigenvalue weighted by Crippen LogP contribution is -2.21. The standard InChI is InChI=1S/C16H13Cl2N5O3S/c1-26-14(24)12-13(20-15(25)22-5-4-19-8-22)21-16(27)23(12)7-9-2-3-10(17)11(18)6-9/h2-6,8H,7H2,1H3,(H,20,25)(H,21,27). The van der Waals surface area contributed by atoms with E-state index in [1.165, 1.54) is 35.0 Å². The van der Waals surface area contributed by atoms with Crippen molar-refractivity contribution >= 4 is 53.2 Å². The van der Waals surface area contributed by atoms with Gasteiger partial charge >= 0.3 is 12.0 Å². The molecule has 8 nitrogen and oxygen atoms in total. The maximum absolute atomic E-state index is 12.3. The third-order valence-corrected chi connectivity index (χ3v) is 4.72. The lowest BCUT2D eigenvalue weighted by molar-refractivity contribution is 0.0590. The number of imidazole rings is 2. The van der Waals surface area contributed by atoms with Gasteiger partial charge in [0.05, 0.1) is 23.7 Å².